The number of thioether (sulfide) groups is 1. The van der Waals surface area contributed by atoms with E-state index in [0.29, 0.717) is 18.6 Å². The molecule has 0 radical (unpaired) electrons. The van der Waals surface area contributed by atoms with Crippen molar-refractivity contribution in [3.8, 4) is 0 Å². The Labute approximate surface area is 233 Å². The lowest BCUT2D eigenvalue weighted by Crippen LogP contribution is -2.73. The highest BCUT2D eigenvalue weighted by Gasteiger charge is 2.82. The van der Waals surface area contributed by atoms with Crippen LogP contribution in [0.3, 0.4) is 0 Å². The number of aliphatic hydroxyl groups excluding tert-OH is 1. The normalized spacial score (nSPS) is 45.2. The summed E-state index contributed by atoms with van der Waals surface area (Å²) in [6.07, 6.45) is 5.50. The fourth-order valence-corrected chi connectivity index (χ4v) is 11.5. The lowest BCUT2D eigenvalue weighted by atomic mass is 9.34. The van der Waals surface area contributed by atoms with Crippen LogP contribution < -0.4 is 0 Å². The predicted molar refractivity (Wildman–Crippen MR) is 152 cm³/mol. The van der Waals surface area contributed by atoms with Crippen LogP contribution in [0.1, 0.15) is 65.4 Å². The van der Waals surface area contributed by atoms with E-state index in [1.165, 1.54) is 17.3 Å². The average molecular weight is 623 g/mol. The van der Waals surface area contributed by atoms with Gasteiger partial charge in [0, 0.05) is 22.1 Å². The summed E-state index contributed by atoms with van der Waals surface area (Å²) in [4.78, 5) is 27.9. The van der Waals surface area contributed by atoms with E-state index in [9.17, 15) is 14.7 Å². The molecule has 4 fully saturated rings. The molecule has 9 atom stereocenters. The van der Waals surface area contributed by atoms with Crippen LogP contribution >= 0.6 is 34.4 Å². The zero-order valence-corrected chi connectivity index (χ0v) is 24.9. The summed E-state index contributed by atoms with van der Waals surface area (Å²) in [6.45, 7) is 12.7. The Morgan fingerprint density at radius 1 is 1.31 bits per heavy atom. The third-order valence-electron chi connectivity index (χ3n) is 10.6. The Hall–Kier alpha value is -0.860. The summed E-state index contributed by atoms with van der Waals surface area (Å²) in [6, 6.07) is 8.20. The molecule has 0 heterocycles. The van der Waals surface area contributed by atoms with E-state index in [0.717, 1.165) is 30.6 Å². The van der Waals surface area contributed by atoms with Gasteiger partial charge < -0.3 is 9.84 Å². The van der Waals surface area contributed by atoms with E-state index >= 15 is 0 Å². The molecule has 4 nitrogen and oxygen atoms in total. The molecule has 4 aliphatic carbocycles. The van der Waals surface area contributed by atoms with Crippen molar-refractivity contribution in [2.24, 2.45) is 34.0 Å². The fourth-order valence-electron chi connectivity index (χ4n) is 8.77. The van der Waals surface area contributed by atoms with Gasteiger partial charge in [-0.2, -0.15) is 0 Å². The number of ketones is 1. The van der Waals surface area contributed by atoms with Gasteiger partial charge in [-0.1, -0.05) is 74.6 Å². The molecular formula is C30H39IO4S. The number of hydrogen-bond acceptors (Lipinski definition) is 5. The first-order valence-corrected chi connectivity index (χ1v) is 15.5. The highest BCUT2D eigenvalue weighted by atomic mass is 127. The Morgan fingerprint density at radius 2 is 2.03 bits per heavy atom. The number of carbonyl (C=O) groups is 2. The quantitative estimate of drug-likeness (QED) is 0.131. The van der Waals surface area contributed by atoms with Crippen LogP contribution in [-0.4, -0.2) is 38.2 Å². The number of halogens is 1. The van der Waals surface area contributed by atoms with Crippen molar-refractivity contribution in [2.75, 3.05) is 5.75 Å². The van der Waals surface area contributed by atoms with E-state index in [-0.39, 0.29) is 49.8 Å². The van der Waals surface area contributed by atoms with Gasteiger partial charge in [0.1, 0.15) is 11.9 Å². The van der Waals surface area contributed by atoms with Crippen LogP contribution in [0, 0.1) is 34.0 Å². The number of rotatable bonds is 6. The minimum absolute atomic E-state index is 0.0592. The number of aliphatic hydroxyl groups is 1. The van der Waals surface area contributed by atoms with Crippen molar-refractivity contribution in [2.45, 2.75) is 86.7 Å². The molecule has 1 N–H and O–H groups in total. The van der Waals surface area contributed by atoms with Crippen LogP contribution in [0.2, 0.25) is 0 Å². The minimum Gasteiger partial charge on any atom is -0.460 e. The van der Waals surface area contributed by atoms with E-state index in [4.69, 9.17) is 4.74 Å². The molecule has 0 saturated heterocycles. The van der Waals surface area contributed by atoms with Crippen LogP contribution in [-0.2, 0) is 20.7 Å². The van der Waals surface area contributed by atoms with Crippen LogP contribution in [0.4, 0.5) is 0 Å². The third kappa shape index (κ3) is 3.55. The first-order chi connectivity index (χ1) is 17.0. The predicted octanol–water partition coefficient (Wildman–Crippen LogP) is 6.42. The van der Waals surface area contributed by atoms with Crippen molar-refractivity contribution in [3.05, 3.63) is 42.5 Å². The number of esters is 1. The molecule has 196 valence electrons. The Bertz CT molecular complexity index is 1090. The zero-order valence-electron chi connectivity index (χ0n) is 21.9. The van der Waals surface area contributed by atoms with Crippen molar-refractivity contribution in [3.63, 3.8) is 0 Å². The van der Waals surface area contributed by atoms with Crippen LogP contribution in [0.25, 0.3) is 0 Å². The van der Waals surface area contributed by atoms with Gasteiger partial charge in [0.05, 0.1) is 15.3 Å². The summed E-state index contributed by atoms with van der Waals surface area (Å²) in [7, 11) is 0. The Kier molecular flexibility index (Phi) is 6.77. The van der Waals surface area contributed by atoms with Gasteiger partial charge in [-0.25, -0.2) is 0 Å². The van der Waals surface area contributed by atoms with Crippen molar-refractivity contribution in [1.29, 1.82) is 0 Å². The van der Waals surface area contributed by atoms with Gasteiger partial charge in [-0.3, -0.25) is 9.59 Å². The lowest BCUT2D eigenvalue weighted by molar-refractivity contribution is -0.228. The molecule has 4 unspecified atom stereocenters. The highest BCUT2D eigenvalue weighted by molar-refractivity contribution is 14.1. The van der Waals surface area contributed by atoms with Gasteiger partial charge in [0.2, 0.25) is 0 Å². The van der Waals surface area contributed by atoms with Gasteiger partial charge in [-0.15, -0.1) is 18.3 Å². The van der Waals surface area contributed by atoms with Crippen LogP contribution in [0.5, 0.6) is 0 Å². The van der Waals surface area contributed by atoms with Gasteiger partial charge in [0.25, 0.3) is 0 Å². The standard InChI is InChI=1S/C30H39IO4S/c1-6-20-10-8-9-11-21(20)36-16-24(33)35-23-15-27(5,7-2)25(34)19(4)28-13-12-22(32)29(17-28)14-18(3)30(23,31)26(28)29/h7-11,18-19,23,25-26,34H,2,6,12-17H2,1,3-5H3/t18?,19-,23+,25-,26?,27+,28?,29?,30+/m0/s1. The highest BCUT2D eigenvalue weighted by Crippen LogP contribution is 2.82. The van der Waals surface area contributed by atoms with Crippen LogP contribution in [0.15, 0.2) is 41.8 Å². The number of alkyl halides is 1. The number of hydrogen-bond donors (Lipinski definition) is 1. The molecule has 2 spiro atoms. The maximum absolute atomic E-state index is 13.4. The SMILES string of the molecule is C=C[C@]1(C)C[C@@H](OC(=O)CSc2ccccc2CC)[C@]2(I)C(C)CC34CC(CCC3=O)(C42)[C@@H](C)[C@@H]1O. The molecule has 1 aromatic carbocycles. The molecule has 4 saturated carbocycles. The molecular weight excluding hydrogens is 583 g/mol. The van der Waals surface area contributed by atoms with E-state index in [1.807, 2.05) is 18.2 Å². The van der Waals surface area contributed by atoms with Gasteiger partial charge in [0.15, 0.2) is 0 Å². The summed E-state index contributed by atoms with van der Waals surface area (Å²) in [5.41, 5.74) is 0.251. The Morgan fingerprint density at radius 3 is 2.72 bits per heavy atom. The monoisotopic (exact) mass is 622 g/mol. The number of aryl methyl sites for hydroxylation is 1. The maximum Gasteiger partial charge on any atom is 0.316 e. The second kappa shape index (κ2) is 9.11. The first-order valence-electron chi connectivity index (χ1n) is 13.4. The summed E-state index contributed by atoms with van der Waals surface area (Å²) in [5.74, 6) is 0.862. The molecule has 1 aromatic rings. The van der Waals surface area contributed by atoms with E-state index < -0.39 is 11.5 Å². The average Bonchev–Trinajstić information content (AvgIpc) is 3.05. The second-order valence-electron chi connectivity index (χ2n) is 12.2. The Balaban J connectivity index is 1.49. The molecule has 6 heteroatoms. The minimum atomic E-state index is -0.593. The number of ether oxygens (including phenoxy) is 1. The zero-order chi connectivity index (χ0) is 26.1. The molecule has 0 aliphatic heterocycles. The molecule has 36 heavy (non-hydrogen) atoms. The fraction of sp³-hybridized carbons (Fsp3) is 0.667. The lowest BCUT2D eigenvalue weighted by Gasteiger charge is -2.71. The molecule has 2 bridgehead atoms. The summed E-state index contributed by atoms with van der Waals surface area (Å²) < 4.78 is 6.07. The largest absolute Gasteiger partial charge is 0.460 e. The van der Waals surface area contributed by atoms with Gasteiger partial charge in [-0.05, 0) is 66.9 Å². The second-order valence-corrected chi connectivity index (χ2v) is 15.1. The summed E-state index contributed by atoms with van der Waals surface area (Å²) in [5, 5.41) is 11.7. The van der Waals surface area contributed by atoms with E-state index in [2.05, 4.69) is 69.0 Å². The van der Waals surface area contributed by atoms with E-state index in [1.54, 1.807) is 0 Å². The topological polar surface area (TPSA) is 63.6 Å². The third-order valence-corrected chi connectivity index (χ3v) is 14.1. The first kappa shape index (κ1) is 26.7. The molecule has 0 aromatic heterocycles. The number of Topliss-reactive ketones (excluding diaryl/α,β-unsaturated/α-hetero) is 1. The number of benzene rings is 1. The number of carbonyl (C=O) groups excluding carboxylic acids is 2. The molecule has 0 amide bonds. The maximum atomic E-state index is 13.4. The van der Waals surface area contributed by atoms with Crippen molar-refractivity contribution >= 4 is 46.1 Å². The van der Waals surface area contributed by atoms with Crippen molar-refractivity contribution < 1.29 is 19.4 Å². The van der Waals surface area contributed by atoms with Gasteiger partial charge >= 0.3 is 5.97 Å². The smallest absolute Gasteiger partial charge is 0.316 e. The molecule has 4 aliphatic rings. The van der Waals surface area contributed by atoms with Crippen molar-refractivity contribution in [1.82, 2.24) is 0 Å². The molecule has 5 rings (SSSR count). The summed E-state index contributed by atoms with van der Waals surface area (Å²) >= 11 is 4.12.